The van der Waals surface area contributed by atoms with Gasteiger partial charge in [-0.2, -0.15) is 10.2 Å². The maximum Gasteiger partial charge on any atom is 0.269 e. The lowest BCUT2D eigenvalue weighted by molar-refractivity contribution is 0.412. The summed E-state index contributed by atoms with van der Waals surface area (Å²) in [6.07, 6.45) is 2.50. The van der Waals surface area contributed by atoms with E-state index in [9.17, 15) is 18.5 Å². The Balaban J connectivity index is 1.90. The first-order valence-corrected chi connectivity index (χ1v) is 11.6. The fourth-order valence-electron chi connectivity index (χ4n) is 3.18. The number of benzene rings is 2. The Morgan fingerprint density at radius 2 is 1.71 bits per heavy atom. The van der Waals surface area contributed by atoms with Crippen LogP contribution in [0.15, 0.2) is 87.5 Å². The third-order valence-electron chi connectivity index (χ3n) is 5.01. The van der Waals surface area contributed by atoms with Gasteiger partial charge in [-0.1, -0.05) is 23.8 Å². The van der Waals surface area contributed by atoms with Crippen LogP contribution in [0.2, 0.25) is 0 Å². The van der Waals surface area contributed by atoms with Gasteiger partial charge in [-0.15, -0.1) is 0 Å². The van der Waals surface area contributed by atoms with Crippen molar-refractivity contribution < 1.29 is 17.9 Å². The maximum absolute atomic E-state index is 13.3. The molecule has 170 valence electrons. The zero-order chi connectivity index (χ0) is 24.3. The van der Waals surface area contributed by atoms with E-state index in [0.29, 0.717) is 17.1 Å². The number of nitriles is 1. The summed E-state index contributed by atoms with van der Waals surface area (Å²) in [5.74, 6) is 0.825. The fraction of sp³-hybridized carbons (Fsp3) is 0.0800. The summed E-state index contributed by atoms with van der Waals surface area (Å²) < 4.78 is 38.5. The van der Waals surface area contributed by atoms with Crippen LogP contribution in [-0.4, -0.2) is 24.9 Å². The van der Waals surface area contributed by atoms with Gasteiger partial charge in [0.15, 0.2) is 0 Å². The van der Waals surface area contributed by atoms with E-state index >= 15 is 0 Å². The first kappa shape index (κ1) is 22.8. The number of sulfone groups is 1. The maximum atomic E-state index is 13.3. The standard InChI is InChI=1S/C25H19N3O5S/c1-17-6-12-20(13-7-17)34(30,31)21(16-26)15-22-24(33-19-10-8-18(32-2)9-11-19)27-23-5-3-4-14-28(23)25(22)29/h3-15H,1-2H3/b21-15+. The molecule has 0 saturated carbocycles. The van der Waals surface area contributed by atoms with E-state index in [1.54, 1.807) is 60.7 Å². The Bertz CT molecular complexity index is 1600. The second-order valence-electron chi connectivity index (χ2n) is 7.28. The van der Waals surface area contributed by atoms with E-state index in [-0.39, 0.29) is 16.3 Å². The number of nitrogens with zero attached hydrogens (tertiary/aromatic N) is 3. The van der Waals surface area contributed by atoms with Gasteiger partial charge in [-0.25, -0.2) is 8.42 Å². The van der Waals surface area contributed by atoms with E-state index in [1.165, 1.54) is 29.8 Å². The van der Waals surface area contributed by atoms with Crippen LogP contribution >= 0.6 is 0 Å². The lowest BCUT2D eigenvalue weighted by Crippen LogP contribution is -2.19. The first-order valence-electron chi connectivity index (χ1n) is 10.1. The average Bonchev–Trinajstić information content (AvgIpc) is 2.84. The molecule has 0 fully saturated rings. The highest BCUT2D eigenvalue weighted by Gasteiger charge is 2.23. The fourth-order valence-corrected chi connectivity index (χ4v) is 4.33. The predicted molar refractivity (Wildman–Crippen MR) is 126 cm³/mol. The molecule has 0 atom stereocenters. The Kier molecular flexibility index (Phi) is 6.17. The quantitative estimate of drug-likeness (QED) is 0.387. The number of fused-ring (bicyclic) bond motifs is 1. The second-order valence-corrected chi connectivity index (χ2v) is 9.20. The number of rotatable bonds is 6. The van der Waals surface area contributed by atoms with Gasteiger partial charge in [-0.05, 0) is 61.5 Å². The number of aryl methyl sites for hydroxylation is 1. The molecule has 2 aromatic carbocycles. The highest BCUT2D eigenvalue weighted by molar-refractivity contribution is 7.95. The number of pyridine rings is 1. The predicted octanol–water partition coefficient (Wildman–Crippen LogP) is 4.14. The van der Waals surface area contributed by atoms with Crippen molar-refractivity contribution in [3.05, 3.63) is 99.3 Å². The van der Waals surface area contributed by atoms with Gasteiger partial charge in [0.05, 0.1) is 12.0 Å². The molecule has 4 aromatic rings. The number of ether oxygens (including phenoxy) is 2. The normalized spacial score (nSPS) is 11.7. The van der Waals surface area contributed by atoms with Gasteiger partial charge in [-0.3, -0.25) is 9.20 Å². The molecule has 8 nitrogen and oxygen atoms in total. The monoisotopic (exact) mass is 473 g/mol. The molecule has 0 aliphatic rings. The molecule has 0 bridgehead atoms. The second kappa shape index (κ2) is 9.21. The van der Waals surface area contributed by atoms with E-state index in [0.717, 1.165) is 11.6 Å². The van der Waals surface area contributed by atoms with Crippen molar-refractivity contribution in [1.82, 2.24) is 9.38 Å². The van der Waals surface area contributed by atoms with Crippen molar-refractivity contribution in [3.63, 3.8) is 0 Å². The van der Waals surface area contributed by atoms with Crippen LogP contribution in [0.1, 0.15) is 11.1 Å². The van der Waals surface area contributed by atoms with Crippen molar-refractivity contribution in [1.29, 1.82) is 5.26 Å². The molecular formula is C25H19N3O5S. The van der Waals surface area contributed by atoms with E-state index in [1.807, 2.05) is 6.92 Å². The summed E-state index contributed by atoms with van der Waals surface area (Å²) in [4.78, 5) is 17.0. The number of methoxy groups -OCH3 is 1. The SMILES string of the molecule is COc1ccc(Oc2nc3ccccn3c(=O)c2/C=C(\C#N)S(=O)(=O)c2ccc(C)cc2)cc1. The van der Waals surface area contributed by atoms with Crippen molar-refractivity contribution in [2.75, 3.05) is 7.11 Å². The topological polar surface area (TPSA) is 111 Å². The van der Waals surface area contributed by atoms with Crippen LogP contribution in [-0.2, 0) is 9.84 Å². The summed E-state index contributed by atoms with van der Waals surface area (Å²) in [5.41, 5.74) is 0.411. The molecule has 0 N–H and O–H groups in total. The Morgan fingerprint density at radius 3 is 2.35 bits per heavy atom. The zero-order valence-corrected chi connectivity index (χ0v) is 19.1. The molecule has 9 heteroatoms. The largest absolute Gasteiger partial charge is 0.497 e. The van der Waals surface area contributed by atoms with Crippen LogP contribution < -0.4 is 15.0 Å². The molecule has 0 aliphatic carbocycles. The molecule has 0 radical (unpaired) electrons. The molecule has 0 aliphatic heterocycles. The van der Waals surface area contributed by atoms with Gasteiger partial charge in [0.1, 0.15) is 33.7 Å². The third kappa shape index (κ3) is 4.40. The smallest absolute Gasteiger partial charge is 0.269 e. The van der Waals surface area contributed by atoms with E-state index in [2.05, 4.69) is 4.98 Å². The highest BCUT2D eigenvalue weighted by Crippen LogP contribution is 2.28. The van der Waals surface area contributed by atoms with Gasteiger partial charge < -0.3 is 9.47 Å². The van der Waals surface area contributed by atoms with Crippen LogP contribution in [0.5, 0.6) is 17.4 Å². The number of allylic oxidation sites excluding steroid dienone is 1. The third-order valence-corrected chi connectivity index (χ3v) is 6.70. The molecule has 4 rings (SSSR count). The van der Waals surface area contributed by atoms with Gasteiger partial charge in [0.2, 0.25) is 15.7 Å². The van der Waals surface area contributed by atoms with Crippen molar-refractivity contribution >= 4 is 21.6 Å². The van der Waals surface area contributed by atoms with Gasteiger partial charge in [0.25, 0.3) is 5.56 Å². The van der Waals surface area contributed by atoms with Crippen LogP contribution in [0.25, 0.3) is 11.7 Å². The Morgan fingerprint density at radius 1 is 1.03 bits per heavy atom. The summed E-state index contributed by atoms with van der Waals surface area (Å²) in [6, 6.07) is 19.3. The van der Waals surface area contributed by atoms with Gasteiger partial charge in [0, 0.05) is 6.20 Å². The summed E-state index contributed by atoms with van der Waals surface area (Å²) in [7, 11) is -2.65. The molecule has 34 heavy (non-hydrogen) atoms. The lowest BCUT2D eigenvalue weighted by Gasteiger charge is -2.11. The van der Waals surface area contributed by atoms with Crippen LogP contribution in [0.4, 0.5) is 0 Å². The molecular weight excluding hydrogens is 454 g/mol. The molecule has 2 heterocycles. The van der Waals surface area contributed by atoms with Crippen molar-refractivity contribution in [2.24, 2.45) is 0 Å². The average molecular weight is 474 g/mol. The van der Waals surface area contributed by atoms with E-state index in [4.69, 9.17) is 9.47 Å². The van der Waals surface area contributed by atoms with Crippen LogP contribution in [0.3, 0.4) is 0 Å². The minimum absolute atomic E-state index is 0.0580. The van der Waals surface area contributed by atoms with Crippen LogP contribution in [0, 0.1) is 18.3 Å². The Hall–Kier alpha value is -4.42. The van der Waals surface area contributed by atoms with E-state index < -0.39 is 20.3 Å². The van der Waals surface area contributed by atoms with Crippen molar-refractivity contribution in [3.8, 4) is 23.4 Å². The minimum atomic E-state index is -4.18. The summed E-state index contributed by atoms with van der Waals surface area (Å²) in [6.45, 7) is 1.82. The van der Waals surface area contributed by atoms with Crippen molar-refractivity contribution in [2.45, 2.75) is 11.8 Å². The highest BCUT2D eigenvalue weighted by atomic mass is 32.2. The molecule has 0 spiro atoms. The Labute approximate surface area is 195 Å². The molecule has 0 saturated heterocycles. The lowest BCUT2D eigenvalue weighted by atomic mass is 10.2. The molecule has 0 amide bonds. The molecule has 2 aromatic heterocycles. The van der Waals surface area contributed by atoms with Gasteiger partial charge >= 0.3 is 0 Å². The summed E-state index contributed by atoms with van der Waals surface area (Å²) in [5, 5.41) is 9.70. The number of hydrogen-bond acceptors (Lipinski definition) is 7. The summed E-state index contributed by atoms with van der Waals surface area (Å²) >= 11 is 0. The zero-order valence-electron chi connectivity index (χ0n) is 18.3. The minimum Gasteiger partial charge on any atom is -0.497 e. The molecule has 0 unspecified atom stereocenters. The first-order chi connectivity index (χ1) is 16.3. The number of aromatic nitrogens is 2. The number of hydrogen-bond donors (Lipinski definition) is 0.